The molecule has 2 aliphatic carbocycles. The lowest BCUT2D eigenvalue weighted by atomic mass is 10.4. The normalized spacial score (nSPS) is 20.3. The Balaban J connectivity index is 1.94. The molecule has 6 nitrogen and oxygen atoms in total. The average molecular weight is 317 g/mol. The first-order chi connectivity index (χ1) is 9.30. The first-order valence-electron chi connectivity index (χ1n) is 6.41. The van der Waals surface area contributed by atoms with Gasteiger partial charge in [-0.25, -0.2) is 8.42 Å². The Labute approximate surface area is 118 Å². The smallest absolute Gasteiger partial charge is 0.282 e. The van der Waals surface area contributed by atoms with Gasteiger partial charge in [-0.1, -0.05) is 0 Å². The van der Waals surface area contributed by atoms with E-state index in [1.165, 1.54) is 12.1 Å². The Hall–Kier alpha value is -0.960. The van der Waals surface area contributed by atoms with Gasteiger partial charge >= 0.3 is 0 Å². The van der Waals surface area contributed by atoms with Crippen LogP contribution >= 0.6 is 0 Å². The minimum absolute atomic E-state index is 0.0729. The van der Waals surface area contributed by atoms with Crippen molar-refractivity contribution in [1.29, 1.82) is 0 Å². The maximum atomic E-state index is 12.6. The molecule has 110 valence electrons. The van der Waals surface area contributed by atoms with Gasteiger partial charge in [-0.15, -0.1) is 0 Å². The van der Waals surface area contributed by atoms with Crippen LogP contribution in [0, 0.1) is 0 Å². The monoisotopic (exact) mass is 317 g/mol. The first-order valence-corrected chi connectivity index (χ1v) is 9.29. The van der Waals surface area contributed by atoms with Crippen LogP contribution in [0.25, 0.3) is 0 Å². The van der Waals surface area contributed by atoms with Crippen molar-refractivity contribution in [3.63, 3.8) is 0 Å². The summed E-state index contributed by atoms with van der Waals surface area (Å²) in [6.45, 7) is 0. The van der Waals surface area contributed by atoms with Gasteiger partial charge < -0.3 is 0 Å². The van der Waals surface area contributed by atoms with E-state index >= 15 is 0 Å². The second kappa shape index (κ2) is 4.52. The molecule has 0 unspecified atom stereocenters. The van der Waals surface area contributed by atoms with E-state index in [9.17, 15) is 16.8 Å². The summed E-state index contributed by atoms with van der Waals surface area (Å²) in [4.78, 5) is -0.232. The molecule has 0 amide bonds. The minimum Gasteiger partial charge on any atom is -0.282 e. The molecule has 3 rings (SSSR count). The molecular formula is C12H15NO5S2. The van der Waals surface area contributed by atoms with Crippen molar-refractivity contribution in [1.82, 2.24) is 4.31 Å². The van der Waals surface area contributed by atoms with E-state index < -0.39 is 20.1 Å². The van der Waals surface area contributed by atoms with Gasteiger partial charge in [-0.2, -0.15) is 12.7 Å². The molecule has 0 spiro atoms. The molecular weight excluding hydrogens is 302 g/mol. The Morgan fingerprint density at radius 1 is 0.850 bits per heavy atom. The summed E-state index contributed by atoms with van der Waals surface area (Å²) >= 11 is 0. The zero-order valence-electron chi connectivity index (χ0n) is 10.6. The summed E-state index contributed by atoms with van der Waals surface area (Å²) in [7, 11) is -7.88. The molecule has 20 heavy (non-hydrogen) atoms. The lowest BCUT2D eigenvalue weighted by molar-refractivity contribution is 0.396. The highest BCUT2D eigenvalue weighted by Gasteiger charge is 2.46. The minimum atomic E-state index is -4.30. The van der Waals surface area contributed by atoms with Crippen molar-refractivity contribution >= 4 is 20.1 Å². The van der Waals surface area contributed by atoms with Gasteiger partial charge in [0.15, 0.2) is 0 Å². The molecule has 0 radical (unpaired) electrons. The summed E-state index contributed by atoms with van der Waals surface area (Å²) in [5, 5.41) is 0. The largest absolute Gasteiger partial charge is 0.294 e. The highest BCUT2D eigenvalue weighted by atomic mass is 32.2. The molecule has 0 bridgehead atoms. The Kier molecular flexibility index (Phi) is 3.16. The van der Waals surface area contributed by atoms with E-state index in [-0.39, 0.29) is 21.9 Å². The highest BCUT2D eigenvalue weighted by molar-refractivity contribution is 7.89. The van der Waals surface area contributed by atoms with Crippen molar-refractivity contribution in [3.8, 4) is 0 Å². The maximum Gasteiger partial charge on any atom is 0.294 e. The number of rotatable bonds is 5. The van der Waals surface area contributed by atoms with Gasteiger partial charge in [0.1, 0.15) is 0 Å². The fourth-order valence-corrected chi connectivity index (χ4v) is 4.66. The molecule has 0 saturated heterocycles. The van der Waals surface area contributed by atoms with Gasteiger partial charge in [-0.3, -0.25) is 4.55 Å². The zero-order valence-corrected chi connectivity index (χ0v) is 12.3. The molecule has 1 N–H and O–H groups in total. The Bertz CT molecular complexity index is 704. The lowest BCUT2D eigenvalue weighted by Gasteiger charge is -2.21. The third-order valence-electron chi connectivity index (χ3n) is 3.51. The van der Waals surface area contributed by atoms with Crippen molar-refractivity contribution in [2.75, 3.05) is 0 Å². The van der Waals surface area contributed by atoms with Gasteiger partial charge in [0.05, 0.1) is 9.79 Å². The van der Waals surface area contributed by atoms with Crippen LogP contribution in [0.3, 0.4) is 0 Å². The SMILES string of the molecule is O=S(=O)(O)c1ccc(S(=O)(=O)N(C2CC2)C2CC2)cc1. The summed E-state index contributed by atoms with van der Waals surface area (Å²) in [6, 6.07) is 4.87. The molecule has 8 heteroatoms. The third-order valence-corrected chi connectivity index (χ3v) is 6.40. The second-order valence-corrected chi connectivity index (χ2v) is 8.51. The molecule has 1 aromatic rings. The summed E-state index contributed by atoms with van der Waals surface area (Å²) in [5.41, 5.74) is 0. The van der Waals surface area contributed by atoms with Crippen LogP contribution in [-0.2, 0) is 20.1 Å². The number of hydrogen-bond donors (Lipinski definition) is 1. The van der Waals surface area contributed by atoms with Crippen LogP contribution in [0.5, 0.6) is 0 Å². The fraction of sp³-hybridized carbons (Fsp3) is 0.500. The van der Waals surface area contributed by atoms with E-state index in [1.807, 2.05) is 0 Å². The van der Waals surface area contributed by atoms with Crippen LogP contribution in [0.4, 0.5) is 0 Å². The highest BCUT2D eigenvalue weighted by Crippen LogP contribution is 2.41. The number of nitrogens with zero attached hydrogens (tertiary/aromatic N) is 1. The Morgan fingerprint density at radius 2 is 1.25 bits per heavy atom. The van der Waals surface area contributed by atoms with Gasteiger partial charge in [-0.05, 0) is 49.9 Å². The van der Waals surface area contributed by atoms with Gasteiger partial charge in [0.2, 0.25) is 10.0 Å². The molecule has 0 aliphatic heterocycles. The molecule has 2 saturated carbocycles. The van der Waals surface area contributed by atoms with Crippen molar-refractivity contribution in [2.24, 2.45) is 0 Å². The molecule has 0 aromatic heterocycles. The first kappa shape index (κ1) is 14.0. The van der Waals surface area contributed by atoms with Crippen molar-refractivity contribution in [3.05, 3.63) is 24.3 Å². The van der Waals surface area contributed by atoms with Crippen LogP contribution in [0.15, 0.2) is 34.1 Å². The Morgan fingerprint density at radius 3 is 1.60 bits per heavy atom. The van der Waals surface area contributed by atoms with Crippen LogP contribution in [0.1, 0.15) is 25.7 Å². The molecule has 2 aliphatic rings. The zero-order chi connectivity index (χ0) is 14.5. The fourth-order valence-electron chi connectivity index (χ4n) is 2.25. The molecule has 0 atom stereocenters. The number of benzene rings is 1. The summed E-state index contributed by atoms with van der Waals surface area (Å²) in [6.07, 6.45) is 3.55. The standard InChI is InChI=1S/C12H15NO5S2/c14-19(15,13(9-1-2-9)10-3-4-10)11-5-7-12(8-6-11)20(16,17)18/h5-10H,1-4H2,(H,16,17,18). The third kappa shape index (κ3) is 2.60. The van der Waals surface area contributed by atoms with Gasteiger partial charge in [0, 0.05) is 12.1 Å². The predicted molar refractivity (Wildman–Crippen MR) is 71.3 cm³/mol. The molecule has 0 heterocycles. The van der Waals surface area contributed by atoms with E-state index in [0.717, 1.165) is 37.8 Å². The summed E-state index contributed by atoms with van der Waals surface area (Å²) < 4.78 is 57.5. The van der Waals surface area contributed by atoms with Crippen LogP contribution in [-0.4, -0.2) is 37.8 Å². The second-order valence-electron chi connectivity index (χ2n) is 5.24. The molecule has 1 aromatic carbocycles. The van der Waals surface area contributed by atoms with E-state index in [0.29, 0.717) is 0 Å². The van der Waals surface area contributed by atoms with Gasteiger partial charge in [0.25, 0.3) is 10.1 Å². The van der Waals surface area contributed by atoms with Crippen LogP contribution < -0.4 is 0 Å². The lowest BCUT2D eigenvalue weighted by Crippen LogP contribution is -2.35. The van der Waals surface area contributed by atoms with E-state index in [4.69, 9.17) is 4.55 Å². The number of sulfonamides is 1. The van der Waals surface area contributed by atoms with Crippen LogP contribution in [0.2, 0.25) is 0 Å². The predicted octanol–water partition coefficient (Wildman–Crippen LogP) is 1.25. The maximum absolute atomic E-state index is 12.6. The topological polar surface area (TPSA) is 91.7 Å². The summed E-state index contributed by atoms with van der Waals surface area (Å²) in [5.74, 6) is 0. The molecule has 2 fully saturated rings. The van der Waals surface area contributed by atoms with Crippen molar-refractivity contribution < 1.29 is 21.4 Å². The average Bonchev–Trinajstić information content (AvgIpc) is 3.22. The van der Waals surface area contributed by atoms with E-state index in [1.54, 1.807) is 4.31 Å². The number of hydrogen-bond acceptors (Lipinski definition) is 4. The van der Waals surface area contributed by atoms with Crippen molar-refractivity contribution in [2.45, 2.75) is 47.6 Å². The van der Waals surface area contributed by atoms with E-state index in [2.05, 4.69) is 0 Å². The quantitative estimate of drug-likeness (QED) is 0.825.